The van der Waals surface area contributed by atoms with E-state index in [0.717, 1.165) is 11.3 Å². The van der Waals surface area contributed by atoms with E-state index in [1.807, 2.05) is 37.3 Å². The van der Waals surface area contributed by atoms with Crippen molar-refractivity contribution in [3.05, 3.63) is 59.7 Å². The molecular formula is C19H19N3O2. The lowest BCUT2D eigenvalue weighted by atomic mass is 10.2. The largest absolute Gasteiger partial charge is 0.326 e. The molecule has 0 radical (unpaired) electrons. The van der Waals surface area contributed by atoms with Gasteiger partial charge in [0.1, 0.15) is 0 Å². The molecule has 0 atom stereocenters. The smallest absolute Gasteiger partial charge is 0.226 e. The Morgan fingerprint density at radius 1 is 1.17 bits per heavy atom. The number of carbonyl (C=O) groups excluding carboxylic acids is 2. The summed E-state index contributed by atoms with van der Waals surface area (Å²) in [5.74, 6) is -0.318. The Labute approximate surface area is 141 Å². The summed E-state index contributed by atoms with van der Waals surface area (Å²) in [6.45, 7) is 3.75. The molecule has 0 saturated carbocycles. The second kappa shape index (κ2) is 7.93. The number of hydrogen-bond acceptors (Lipinski definition) is 3. The van der Waals surface area contributed by atoms with E-state index < -0.39 is 0 Å². The monoisotopic (exact) mass is 321 g/mol. The number of hydrogen-bond donors (Lipinski definition) is 1. The van der Waals surface area contributed by atoms with E-state index >= 15 is 0 Å². The maximum atomic E-state index is 12.1. The van der Waals surface area contributed by atoms with Crippen molar-refractivity contribution >= 4 is 23.2 Å². The van der Waals surface area contributed by atoms with Gasteiger partial charge in [0, 0.05) is 31.3 Å². The van der Waals surface area contributed by atoms with E-state index in [-0.39, 0.29) is 18.2 Å². The Morgan fingerprint density at radius 3 is 2.50 bits per heavy atom. The molecule has 0 heterocycles. The molecule has 0 aliphatic carbocycles. The maximum absolute atomic E-state index is 12.1. The average Bonchev–Trinajstić information content (AvgIpc) is 2.56. The van der Waals surface area contributed by atoms with E-state index in [0.29, 0.717) is 17.8 Å². The van der Waals surface area contributed by atoms with Crippen LogP contribution in [0.25, 0.3) is 0 Å². The van der Waals surface area contributed by atoms with Gasteiger partial charge in [0.15, 0.2) is 0 Å². The van der Waals surface area contributed by atoms with Crippen molar-refractivity contribution in [3.8, 4) is 6.07 Å². The van der Waals surface area contributed by atoms with Crippen molar-refractivity contribution < 1.29 is 9.59 Å². The van der Waals surface area contributed by atoms with Gasteiger partial charge in [0.05, 0.1) is 11.6 Å². The molecule has 0 saturated heterocycles. The zero-order valence-electron chi connectivity index (χ0n) is 13.7. The summed E-state index contributed by atoms with van der Waals surface area (Å²) in [6.07, 6.45) is 0.171. The summed E-state index contributed by atoms with van der Waals surface area (Å²) in [6, 6.07) is 16.3. The van der Waals surface area contributed by atoms with Crippen LogP contribution >= 0.6 is 0 Å². The van der Waals surface area contributed by atoms with Crippen LogP contribution in [0.5, 0.6) is 0 Å². The van der Waals surface area contributed by atoms with E-state index in [1.54, 1.807) is 29.2 Å². The van der Waals surface area contributed by atoms with Crippen molar-refractivity contribution in [3.63, 3.8) is 0 Å². The molecule has 0 aliphatic heterocycles. The molecule has 0 aromatic heterocycles. The molecular weight excluding hydrogens is 302 g/mol. The van der Waals surface area contributed by atoms with Gasteiger partial charge in [-0.15, -0.1) is 0 Å². The Kier molecular flexibility index (Phi) is 5.69. The first-order valence-electron chi connectivity index (χ1n) is 7.64. The fraction of sp³-hybridized carbons (Fsp3) is 0.211. The lowest BCUT2D eigenvalue weighted by molar-refractivity contribution is -0.117. The zero-order chi connectivity index (χ0) is 17.5. The first-order valence-corrected chi connectivity index (χ1v) is 7.64. The average molecular weight is 321 g/mol. The van der Waals surface area contributed by atoms with Gasteiger partial charge in [-0.2, -0.15) is 5.26 Å². The van der Waals surface area contributed by atoms with Crippen LogP contribution < -0.4 is 10.2 Å². The van der Waals surface area contributed by atoms with Crippen molar-refractivity contribution in [2.75, 3.05) is 16.8 Å². The normalized spacial score (nSPS) is 9.88. The summed E-state index contributed by atoms with van der Waals surface area (Å²) in [4.78, 5) is 25.5. The van der Waals surface area contributed by atoms with Crippen LogP contribution in [-0.4, -0.2) is 18.4 Å². The molecule has 2 aromatic carbocycles. The number of carbonyl (C=O) groups is 2. The number of benzene rings is 2. The van der Waals surface area contributed by atoms with Gasteiger partial charge < -0.3 is 10.2 Å². The van der Waals surface area contributed by atoms with Gasteiger partial charge in [-0.3, -0.25) is 9.59 Å². The third kappa shape index (κ3) is 4.68. The molecule has 2 amide bonds. The molecule has 2 aromatic rings. The Bertz CT molecular complexity index is 776. The molecule has 122 valence electrons. The molecule has 5 heteroatoms. The summed E-state index contributed by atoms with van der Waals surface area (Å²) in [7, 11) is 0. The maximum Gasteiger partial charge on any atom is 0.226 e. The highest BCUT2D eigenvalue weighted by Gasteiger charge is 2.13. The van der Waals surface area contributed by atoms with Crippen LogP contribution in [0.1, 0.15) is 24.5 Å². The van der Waals surface area contributed by atoms with Crippen LogP contribution in [0.15, 0.2) is 48.5 Å². The first kappa shape index (κ1) is 17.2. The van der Waals surface area contributed by atoms with Crippen molar-refractivity contribution in [1.82, 2.24) is 0 Å². The van der Waals surface area contributed by atoms with Crippen LogP contribution in [0.3, 0.4) is 0 Å². The minimum absolute atomic E-state index is 0.113. The fourth-order valence-corrected chi connectivity index (χ4v) is 2.30. The van der Waals surface area contributed by atoms with Gasteiger partial charge in [0.2, 0.25) is 11.8 Å². The van der Waals surface area contributed by atoms with Crippen LogP contribution in [0.4, 0.5) is 11.4 Å². The quantitative estimate of drug-likeness (QED) is 0.918. The number of rotatable bonds is 5. The molecule has 24 heavy (non-hydrogen) atoms. The standard InChI is InChI=1S/C19H19N3O2/c1-14-6-8-18(9-7-14)22(15(2)23)11-10-19(24)21-17-5-3-4-16(12-17)13-20/h3-9,12H,10-11H2,1-2H3,(H,21,24). The van der Waals surface area contributed by atoms with E-state index in [4.69, 9.17) is 5.26 Å². The number of aryl methyl sites for hydroxylation is 1. The molecule has 0 unspecified atom stereocenters. The van der Waals surface area contributed by atoms with Gasteiger partial charge in [0.25, 0.3) is 0 Å². The topological polar surface area (TPSA) is 73.2 Å². The highest BCUT2D eigenvalue weighted by Crippen LogP contribution is 2.16. The van der Waals surface area contributed by atoms with Crippen molar-refractivity contribution in [2.45, 2.75) is 20.3 Å². The highest BCUT2D eigenvalue weighted by molar-refractivity contribution is 5.94. The molecule has 2 rings (SSSR count). The Hall–Kier alpha value is -3.13. The van der Waals surface area contributed by atoms with Crippen molar-refractivity contribution in [1.29, 1.82) is 5.26 Å². The minimum Gasteiger partial charge on any atom is -0.326 e. The minimum atomic E-state index is -0.205. The van der Waals surface area contributed by atoms with Crippen LogP contribution in [0, 0.1) is 18.3 Å². The molecule has 0 fully saturated rings. The molecule has 1 N–H and O–H groups in total. The second-order valence-electron chi connectivity index (χ2n) is 5.50. The highest BCUT2D eigenvalue weighted by atomic mass is 16.2. The predicted molar refractivity (Wildman–Crippen MR) is 93.6 cm³/mol. The predicted octanol–water partition coefficient (Wildman–Crippen LogP) is 3.25. The van der Waals surface area contributed by atoms with E-state index in [9.17, 15) is 9.59 Å². The van der Waals surface area contributed by atoms with Crippen LogP contribution in [0.2, 0.25) is 0 Å². The number of nitrogens with zero attached hydrogens (tertiary/aromatic N) is 2. The van der Waals surface area contributed by atoms with Crippen molar-refractivity contribution in [2.24, 2.45) is 0 Å². The zero-order valence-corrected chi connectivity index (χ0v) is 13.7. The Morgan fingerprint density at radius 2 is 1.88 bits per heavy atom. The first-order chi connectivity index (χ1) is 11.5. The van der Waals surface area contributed by atoms with E-state index in [1.165, 1.54) is 6.92 Å². The molecule has 0 spiro atoms. The lowest BCUT2D eigenvalue weighted by Gasteiger charge is -2.21. The molecule has 0 aliphatic rings. The number of amides is 2. The summed E-state index contributed by atoms with van der Waals surface area (Å²) >= 11 is 0. The summed E-state index contributed by atoms with van der Waals surface area (Å²) in [5.41, 5.74) is 2.94. The molecule has 5 nitrogen and oxygen atoms in total. The van der Waals surface area contributed by atoms with E-state index in [2.05, 4.69) is 5.32 Å². The number of anilines is 2. The Balaban J connectivity index is 1.98. The van der Waals surface area contributed by atoms with Gasteiger partial charge in [-0.25, -0.2) is 0 Å². The third-order valence-electron chi connectivity index (χ3n) is 3.56. The summed E-state index contributed by atoms with van der Waals surface area (Å²) < 4.78 is 0. The van der Waals surface area contributed by atoms with Gasteiger partial charge >= 0.3 is 0 Å². The SMILES string of the molecule is CC(=O)N(CCC(=O)Nc1cccc(C#N)c1)c1ccc(C)cc1. The lowest BCUT2D eigenvalue weighted by Crippen LogP contribution is -2.31. The van der Waals surface area contributed by atoms with Crippen LogP contribution in [-0.2, 0) is 9.59 Å². The molecule has 0 bridgehead atoms. The summed E-state index contributed by atoms with van der Waals surface area (Å²) in [5, 5.41) is 11.6. The third-order valence-corrected chi connectivity index (χ3v) is 3.56. The number of nitrogens with one attached hydrogen (secondary N) is 1. The van der Waals surface area contributed by atoms with Gasteiger partial charge in [-0.1, -0.05) is 23.8 Å². The fourth-order valence-electron chi connectivity index (χ4n) is 2.30. The second-order valence-corrected chi connectivity index (χ2v) is 5.50. The van der Waals surface area contributed by atoms with Gasteiger partial charge in [-0.05, 0) is 37.3 Å². The number of nitriles is 1.